The summed E-state index contributed by atoms with van der Waals surface area (Å²) >= 11 is 6.07. The maximum atomic E-state index is 13.4. The van der Waals surface area contributed by atoms with Gasteiger partial charge in [0.15, 0.2) is 0 Å². The van der Waals surface area contributed by atoms with Crippen molar-refractivity contribution in [1.82, 2.24) is 20.9 Å². The van der Waals surface area contributed by atoms with E-state index in [-0.39, 0.29) is 62.8 Å². The van der Waals surface area contributed by atoms with Crippen molar-refractivity contribution in [2.45, 2.75) is 38.3 Å². The van der Waals surface area contributed by atoms with Crippen LogP contribution in [0.5, 0.6) is 17.2 Å². The summed E-state index contributed by atoms with van der Waals surface area (Å²) in [6.07, 6.45) is 0.0203. The standard InChI is InChI=1S/C33H37ClN4O7/c1-21-19-24(11-12-26(21)34)44-17-15-35-32(42)27-13-14-30(40)36-28(20-22-7-9-23(39)10-8-22)33(43)38(2)16-18-45-29-6-4-3-5-25(29)31(41)37-27/h3-12,19,27-28,39H,13-18,20H2,1-2H3,(H,35,42)(H,36,40)(H,37,41)/t27-,28-/m0/s1. The van der Waals surface area contributed by atoms with Gasteiger partial charge in [-0.1, -0.05) is 35.9 Å². The molecule has 45 heavy (non-hydrogen) atoms. The topological polar surface area (TPSA) is 146 Å². The summed E-state index contributed by atoms with van der Waals surface area (Å²) in [4.78, 5) is 54.6. The van der Waals surface area contributed by atoms with Crippen LogP contribution in [-0.4, -0.2) is 79.1 Å². The average molecular weight is 637 g/mol. The normalized spacial score (nSPS) is 17.9. The van der Waals surface area contributed by atoms with Crippen LogP contribution >= 0.6 is 11.6 Å². The molecular formula is C33H37ClN4O7. The molecule has 0 aliphatic carbocycles. The summed E-state index contributed by atoms with van der Waals surface area (Å²) in [7, 11) is 1.61. The molecule has 0 bridgehead atoms. The van der Waals surface area contributed by atoms with Crippen LogP contribution in [0, 0.1) is 6.92 Å². The van der Waals surface area contributed by atoms with Crippen molar-refractivity contribution >= 4 is 35.2 Å². The number of nitrogens with one attached hydrogen (secondary N) is 3. The minimum Gasteiger partial charge on any atom is -0.508 e. The molecule has 0 saturated heterocycles. The zero-order valence-corrected chi connectivity index (χ0v) is 25.9. The van der Waals surface area contributed by atoms with Crippen LogP contribution in [0.3, 0.4) is 0 Å². The molecule has 1 heterocycles. The number of rotatable bonds is 7. The van der Waals surface area contributed by atoms with Gasteiger partial charge < -0.3 is 35.4 Å². The smallest absolute Gasteiger partial charge is 0.255 e. The maximum absolute atomic E-state index is 13.4. The second-order valence-corrected chi connectivity index (χ2v) is 11.1. The summed E-state index contributed by atoms with van der Waals surface area (Å²) in [5.74, 6) is -0.836. The Morgan fingerprint density at radius 1 is 1.09 bits per heavy atom. The lowest BCUT2D eigenvalue weighted by Gasteiger charge is -2.25. The molecule has 4 N–H and O–H groups in total. The lowest BCUT2D eigenvalue weighted by molar-refractivity contribution is -0.135. The second kappa shape index (κ2) is 15.8. The molecule has 12 heteroatoms. The molecular weight excluding hydrogens is 600 g/mol. The Balaban J connectivity index is 1.49. The Morgan fingerprint density at radius 2 is 1.84 bits per heavy atom. The highest BCUT2D eigenvalue weighted by Crippen LogP contribution is 2.21. The lowest BCUT2D eigenvalue weighted by Crippen LogP contribution is -2.50. The Kier molecular flexibility index (Phi) is 11.6. The van der Waals surface area contributed by atoms with Crippen molar-refractivity contribution in [3.05, 3.63) is 88.4 Å². The zero-order valence-electron chi connectivity index (χ0n) is 25.2. The number of hydrogen-bond donors (Lipinski definition) is 4. The van der Waals surface area contributed by atoms with Crippen molar-refractivity contribution in [3.8, 4) is 17.2 Å². The predicted molar refractivity (Wildman–Crippen MR) is 168 cm³/mol. The highest BCUT2D eigenvalue weighted by atomic mass is 35.5. The third kappa shape index (κ3) is 9.61. The molecule has 3 aromatic rings. The van der Waals surface area contributed by atoms with Crippen molar-refractivity contribution in [2.24, 2.45) is 0 Å². The molecule has 4 amide bonds. The van der Waals surface area contributed by atoms with Crippen LogP contribution in [0.2, 0.25) is 5.02 Å². The number of halogens is 1. The molecule has 0 spiro atoms. The molecule has 1 aliphatic heterocycles. The minimum absolute atomic E-state index is 0.0281. The fourth-order valence-corrected chi connectivity index (χ4v) is 4.85. The van der Waals surface area contributed by atoms with Gasteiger partial charge in [0.05, 0.1) is 18.7 Å². The molecule has 0 aromatic heterocycles. The number of ether oxygens (including phenoxy) is 2. The second-order valence-electron chi connectivity index (χ2n) is 10.7. The fourth-order valence-electron chi connectivity index (χ4n) is 4.74. The van der Waals surface area contributed by atoms with E-state index in [4.69, 9.17) is 21.1 Å². The van der Waals surface area contributed by atoms with Crippen molar-refractivity contribution < 1.29 is 33.8 Å². The molecule has 238 valence electrons. The fraction of sp³-hybridized carbons (Fsp3) is 0.333. The quantitative estimate of drug-likeness (QED) is 0.292. The summed E-state index contributed by atoms with van der Waals surface area (Å²) in [5, 5.41) is 18.6. The van der Waals surface area contributed by atoms with Crippen LogP contribution in [0.15, 0.2) is 66.7 Å². The van der Waals surface area contributed by atoms with Gasteiger partial charge in [-0.25, -0.2) is 0 Å². The van der Waals surface area contributed by atoms with Gasteiger partial charge in [-0.3, -0.25) is 19.2 Å². The third-order valence-electron chi connectivity index (χ3n) is 7.28. The number of para-hydroxylation sites is 1. The third-order valence-corrected chi connectivity index (χ3v) is 7.71. The highest BCUT2D eigenvalue weighted by Gasteiger charge is 2.28. The lowest BCUT2D eigenvalue weighted by atomic mass is 10.0. The molecule has 0 fully saturated rings. The van der Waals surface area contributed by atoms with E-state index >= 15 is 0 Å². The van der Waals surface area contributed by atoms with E-state index in [1.165, 1.54) is 17.0 Å². The van der Waals surface area contributed by atoms with E-state index in [0.717, 1.165) is 11.1 Å². The van der Waals surface area contributed by atoms with Gasteiger partial charge in [0, 0.05) is 24.9 Å². The number of fused-ring (bicyclic) bond motifs is 1. The number of carbonyl (C=O) groups is 4. The SMILES string of the molecule is Cc1cc(OCCNC(=O)[C@@H]2CCC(=O)N[C@@H](Cc3ccc(O)cc3)C(=O)N(C)CCOc3ccccc3C(=O)N2)ccc1Cl. The van der Waals surface area contributed by atoms with Crippen LogP contribution in [0.4, 0.5) is 0 Å². The first-order valence-corrected chi connectivity index (χ1v) is 15.0. The van der Waals surface area contributed by atoms with Crippen molar-refractivity contribution in [2.75, 3.05) is 33.4 Å². The minimum atomic E-state index is -1.06. The van der Waals surface area contributed by atoms with Gasteiger partial charge >= 0.3 is 0 Å². The van der Waals surface area contributed by atoms with Gasteiger partial charge in [-0.2, -0.15) is 0 Å². The number of carbonyl (C=O) groups excluding carboxylic acids is 4. The average Bonchev–Trinajstić information content (AvgIpc) is 3.03. The molecule has 0 radical (unpaired) electrons. The Morgan fingerprint density at radius 3 is 2.60 bits per heavy atom. The predicted octanol–water partition coefficient (Wildman–Crippen LogP) is 3.01. The summed E-state index contributed by atoms with van der Waals surface area (Å²) in [6, 6.07) is 16.3. The van der Waals surface area contributed by atoms with Gasteiger partial charge in [0.2, 0.25) is 17.7 Å². The number of hydrogen-bond acceptors (Lipinski definition) is 7. The number of aryl methyl sites for hydroxylation is 1. The van der Waals surface area contributed by atoms with Crippen molar-refractivity contribution in [3.63, 3.8) is 0 Å². The van der Waals surface area contributed by atoms with E-state index in [2.05, 4.69) is 16.0 Å². The van der Waals surface area contributed by atoms with Crippen LogP contribution in [0.1, 0.15) is 34.3 Å². The Bertz CT molecular complexity index is 1520. The number of aromatic hydroxyl groups is 1. The van der Waals surface area contributed by atoms with Crippen LogP contribution < -0.4 is 25.4 Å². The van der Waals surface area contributed by atoms with E-state index < -0.39 is 29.8 Å². The van der Waals surface area contributed by atoms with Gasteiger partial charge in [-0.05, 0) is 66.9 Å². The Hall–Kier alpha value is -4.77. The number of likely N-dealkylation sites (N-methyl/N-ethyl adjacent to an activating group) is 1. The number of phenols is 1. The monoisotopic (exact) mass is 636 g/mol. The number of nitrogens with zero attached hydrogens (tertiary/aromatic N) is 1. The molecule has 3 aromatic carbocycles. The zero-order chi connectivity index (χ0) is 32.3. The number of benzene rings is 3. The molecule has 2 atom stereocenters. The van der Waals surface area contributed by atoms with Crippen molar-refractivity contribution in [1.29, 1.82) is 0 Å². The van der Waals surface area contributed by atoms with Gasteiger partial charge in [0.1, 0.15) is 42.5 Å². The first kappa shape index (κ1) is 33.1. The summed E-state index contributed by atoms with van der Waals surface area (Å²) in [6.45, 7) is 2.45. The molecule has 1 aliphatic rings. The highest BCUT2D eigenvalue weighted by molar-refractivity contribution is 6.31. The van der Waals surface area contributed by atoms with E-state index in [1.807, 2.05) is 6.92 Å². The van der Waals surface area contributed by atoms with E-state index in [0.29, 0.717) is 16.5 Å². The van der Waals surface area contributed by atoms with Gasteiger partial charge in [0.25, 0.3) is 5.91 Å². The van der Waals surface area contributed by atoms with E-state index in [9.17, 15) is 24.3 Å². The van der Waals surface area contributed by atoms with Gasteiger partial charge in [-0.15, -0.1) is 0 Å². The summed E-state index contributed by atoms with van der Waals surface area (Å²) in [5.41, 5.74) is 1.82. The summed E-state index contributed by atoms with van der Waals surface area (Å²) < 4.78 is 11.6. The van der Waals surface area contributed by atoms with Crippen LogP contribution in [0.25, 0.3) is 0 Å². The number of amides is 4. The maximum Gasteiger partial charge on any atom is 0.255 e. The molecule has 4 rings (SSSR count). The molecule has 0 unspecified atom stereocenters. The Labute approximate surface area is 266 Å². The van der Waals surface area contributed by atoms with E-state index in [1.54, 1.807) is 61.6 Å². The first-order valence-electron chi connectivity index (χ1n) is 14.6. The largest absolute Gasteiger partial charge is 0.508 e. The molecule has 0 saturated carbocycles. The molecule has 11 nitrogen and oxygen atoms in total. The first-order chi connectivity index (χ1) is 21.6. The number of phenolic OH excluding ortho intramolecular Hbond substituents is 1. The van der Waals surface area contributed by atoms with Crippen LogP contribution in [-0.2, 0) is 20.8 Å².